The van der Waals surface area contributed by atoms with E-state index in [0.717, 1.165) is 25.7 Å². The van der Waals surface area contributed by atoms with Crippen molar-refractivity contribution in [1.82, 2.24) is 4.31 Å². The van der Waals surface area contributed by atoms with Crippen LogP contribution in [0.3, 0.4) is 0 Å². The number of piperidine rings is 1. The van der Waals surface area contributed by atoms with Crippen LogP contribution in [-0.2, 0) is 10.0 Å². The van der Waals surface area contributed by atoms with Gasteiger partial charge in [-0.25, -0.2) is 13.2 Å². The fourth-order valence-electron chi connectivity index (χ4n) is 2.60. The Bertz CT molecular complexity index is 580. The minimum atomic E-state index is -3.53. The van der Waals surface area contributed by atoms with Gasteiger partial charge in [0.05, 0.1) is 10.5 Å². The lowest BCUT2D eigenvalue weighted by molar-refractivity contribution is 0.0696. The first kappa shape index (κ1) is 15.0. The number of rotatable bonds is 4. The standard InChI is InChI=1S/C14H19NO4S/c1-2-12-5-3-4-10-15(12)20(18,19)13-8-6-11(7-9-13)14(16)17/h6-9,12H,2-5,10H2,1H3,(H,16,17). The van der Waals surface area contributed by atoms with Gasteiger partial charge in [-0.15, -0.1) is 0 Å². The highest BCUT2D eigenvalue weighted by molar-refractivity contribution is 7.89. The first-order chi connectivity index (χ1) is 9.46. The zero-order valence-electron chi connectivity index (χ0n) is 11.4. The lowest BCUT2D eigenvalue weighted by atomic mass is 10.0. The number of hydrogen-bond acceptors (Lipinski definition) is 3. The van der Waals surface area contributed by atoms with E-state index in [2.05, 4.69) is 0 Å². The zero-order chi connectivity index (χ0) is 14.8. The van der Waals surface area contributed by atoms with E-state index in [1.807, 2.05) is 6.92 Å². The van der Waals surface area contributed by atoms with E-state index >= 15 is 0 Å². The second kappa shape index (κ2) is 5.93. The molecule has 1 heterocycles. The maximum atomic E-state index is 12.6. The highest BCUT2D eigenvalue weighted by Crippen LogP contribution is 2.27. The van der Waals surface area contributed by atoms with Gasteiger partial charge in [-0.05, 0) is 43.5 Å². The summed E-state index contributed by atoms with van der Waals surface area (Å²) in [7, 11) is -3.53. The van der Waals surface area contributed by atoms with Gasteiger partial charge < -0.3 is 5.11 Å². The molecule has 0 aliphatic carbocycles. The molecule has 1 aromatic rings. The topological polar surface area (TPSA) is 74.7 Å². The molecule has 2 rings (SSSR count). The quantitative estimate of drug-likeness (QED) is 0.925. The van der Waals surface area contributed by atoms with Crippen LogP contribution in [0.4, 0.5) is 0 Å². The Hall–Kier alpha value is -1.40. The van der Waals surface area contributed by atoms with Gasteiger partial charge in [-0.3, -0.25) is 0 Å². The second-order valence-electron chi connectivity index (χ2n) is 5.00. The third-order valence-corrected chi connectivity index (χ3v) is 5.72. The molecule has 1 fully saturated rings. The number of carboxylic acids is 1. The Kier molecular flexibility index (Phi) is 4.45. The molecule has 1 aromatic carbocycles. The number of aromatic carboxylic acids is 1. The molecule has 0 spiro atoms. The Morgan fingerprint density at radius 2 is 1.95 bits per heavy atom. The molecular weight excluding hydrogens is 278 g/mol. The fourth-order valence-corrected chi connectivity index (χ4v) is 4.37. The predicted octanol–water partition coefficient (Wildman–Crippen LogP) is 2.34. The van der Waals surface area contributed by atoms with Gasteiger partial charge in [0.2, 0.25) is 10.0 Å². The van der Waals surface area contributed by atoms with Crippen LogP contribution in [0.5, 0.6) is 0 Å². The molecule has 5 nitrogen and oxygen atoms in total. The first-order valence-electron chi connectivity index (χ1n) is 6.82. The highest BCUT2D eigenvalue weighted by Gasteiger charge is 2.32. The van der Waals surface area contributed by atoms with Crippen molar-refractivity contribution in [3.63, 3.8) is 0 Å². The van der Waals surface area contributed by atoms with Crippen LogP contribution in [0.25, 0.3) is 0 Å². The van der Waals surface area contributed by atoms with Gasteiger partial charge in [0.15, 0.2) is 0 Å². The minimum absolute atomic E-state index is 0.0490. The molecule has 0 aromatic heterocycles. The minimum Gasteiger partial charge on any atom is -0.478 e. The molecule has 110 valence electrons. The van der Waals surface area contributed by atoms with E-state index in [9.17, 15) is 13.2 Å². The Morgan fingerprint density at radius 3 is 2.50 bits per heavy atom. The highest BCUT2D eigenvalue weighted by atomic mass is 32.2. The smallest absolute Gasteiger partial charge is 0.335 e. The molecule has 0 radical (unpaired) electrons. The summed E-state index contributed by atoms with van der Waals surface area (Å²) in [5, 5.41) is 8.85. The summed E-state index contributed by atoms with van der Waals surface area (Å²) in [5.41, 5.74) is 0.0923. The third-order valence-electron chi connectivity index (χ3n) is 3.75. The molecule has 1 N–H and O–H groups in total. The zero-order valence-corrected chi connectivity index (χ0v) is 12.3. The van der Waals surface area contributed by atoms with Crippen molar-refractivity contribution in [2.24, 2.45) is 0 Å². The maximum absolute atomic E-state index is 12.6. The molecule has 1 unspecified atom stereocenters. The summed E-state index contributed by atoms with van der Waals surface area (Å²) in [5.74, 6) is -1.06. The van der Waals surface area contributed by atoms with E-state index in [1.165, 1.54) is 24.3 Å². The maximum Gasteiger partial charge on any atom is 0.335 e. The second-order valence-corrected chi connectivity index (χ2v) is 6.89. The third kappa shape index (κ3) is 2.86. The van der Waals surface area contributed by atoms with Gasteiger partial charge in [0.1, 0.15) is 0 Å². The van der Waals surface area contributed by atoms with Crippen molar-refractivity contribution >= 4 is 16.0 Å². The average Bonchev–Trinajstić information content (AvgIpc) is 2.47. The number of nitrogens with zero attached hydrogens (tertiary/aromatic N) is 1. The SMILES string of the molecule is CCC1CCCCN1S(=O)(=O)c1ccc(C(=O)O)cc1. The van der Waals surface area contributed by atoms with Gasteiger partial charge in [0.25, 0.3) is 0 Å². The van der Waals surface area contributed by atoms with Gasteiger partial charge in [0, 0.05) is 12.6 Å². The normalized spacial score (nSPS) is 20.8. The number of carbonyl (C=O) groups is 1. The van der Waals surface area contributed by atoms with Crippen molar-refractivity contribution in [3.05, 3.63) is 29.8 Å². The van der Waals surface area contributed by atoms with Crippen LogP contribution in [-0.4, -0.2) is 36.4 Å². The van der Waals surface area contributed by atoms with Gasteiger partial charge in [-0.1, -0.05) is 13.3 Å². The van der Waals surface area contributed by atoms with Crippen molar-refractivity contribution in [2.45, 2.75) is 43.5 Å². The van der Waals surface area contributed by atoms with Crippen LogP contribution in [0.2, 0.25) is 0 Å². The number of sulfonamides is 1. The van der Waals surface area contributed by atoms with Crippen molar-refractivity contribution in [2.75, 3.05) is 6.54 Å². The number of hydrogen-bond donors (Lipinski definition) is 1. The summed E-state index contributed by atoms with van der Waals surface area (Å²) in [6.07, 6.45) is 3.63. The molecule has 20 heavy (non-hydrogen) atoms. The summed E-state index contributed by atoms with van der Waals surface area (Å²) in [4.78, 5) is 11.0. The molecule has 1 aliphatic heterocycles. The first-order valence-corrected chi connectivity index (χ1v) is 8.26. The van der Waals surface area contributed by atoms with E-state index in [4.69, 9.17) is 5.11 Å². The van der Waals surface area contributed by atoms with E-state index in [0.29, 0.717) is 6.54 Å². The van der Waals surface area contributed by atoms with Gasteiger partial charge >= 0.3 is 5.97 Å². The van der Waals surface area contributed by atoms with Crippen molar-refractivity contribution in [1.29, 1.82) is 0 Å². The monoisotopic (exact) mass is 297 g/mol. The molecule has 0 amide bonds. The average molecular weight is 297 g/mol. The van der Waals surface area contributed by atoms with Crippen molar-refractivity contribution < 1.29 is 18.3 Å². The van der Waals surface area contributed by atoms with E-state index in [1.54, 1.807) is 4.31 Å². The number of benzene rings is 1. The predicted molar refractivity (Wildman–Crippen MR) is 75.2 cm³/mol. The Morgan fingerprint density at radius 1 is 1.30 bits per heavy atom. The molecule has 0 saturated carbocycles. The summed E-state index contributed by atoms with van der Waals surface area (Å²) in [6.45, 7) is 2.54. The van der Waals surface area contributed by atoms with Crippen LogP contribution in [0.1, 0.15) is 43.0 Å². The lowest BCUT2D eigenvalue weighted by Gasteiger charge is -2.34. The largest absolute Gasteiger partial charge is 0.478 e. The molecular formula is C14H19NO4S. The fraction of sp³-hybridized carbons (Fsp3) is 0.500. The molecule has 1 atom stereocenters. The van der Waals surface area contributed by atoms with Crippen LogP contribution in [0.15, 0.2) is 29.2 Å². The van der Waals surface area contributed by atoms with E-state index in [-0.39, 0.29) is 16.5 Å². The Balaban J connectivity index is 2.31. The molecule has 6 heteroatoms. The van der Waals surface area contributed by atoms with Crippen LogP contribution < -0.4 is 0 Å². The number of carboxylic acid groups (broad SMARTS) is 1. The van der Waals surface area contributed by atoms with E-state index < -0.39 is 16.0 Å². The molecule has 1 aliphatic rings. The Labute approximate surface area is 119 Å². The van der Waals surface area contributed by atoms with Crippen molar-refractivity contribution in [3.8, 4) is 0 Å². The van der Waals surface area contributed by atoms with Gasteiger partial charge in [-0.2, -0.15) is 4.31 Å². The summed E-state index contributed by atoms with van der Waals surface area (Å²) >= 11 is 0. The van der Waals surface area contributed by atoms with Crippen LogP contribution >= 0.6 is 0 Å². The summed E-state index contributed by atoms with van der Waals surface area (Å²) in [6, 6.07) is 5.47. The molecule has 1 saturated heterocycles. The summed E-state index contributed by atoms with van der Waals surface area (Å²) < 4.78 is 26.8. The van der Waals surface area contributed by atoms with Crippen LogP contribution in [0, 0.1) is 0 Å². The lowest BCUT2D eigenvalue weighted by Crippen LogP contribution is -2.43. The molecule has 0 bridgehead atoms.